The molecule has 4 aromatic rings. The highest BCUT2D eigenvalue weighted by Gasteiger charge is 2.11. The van der Waals surface area contributed by atoms with Crippen molar-refractivity contribution in [2.75, 3.05) is 0 Å². The molecule has 1 N–H and O–H groups in total. The molecule has 0 radical (unpaired) electrons. The first-order valence-corrected chi connectivity index (χ1v) is 8.71. The number of aromatic amines is 1. The van der Waals surface area contributed by atoms with E-state index in [9.17, 15) is 4.39 Å². The van der Waals surface area contributed by atoms with Gasteiger partial charge in [0.2, 0.25) is 0 Å². The Labute approximate surface area is 159 Å². The number of hydrogen-bond acceptors (Lipinski definition) is 4. The van der Waals surface area contributed by atoms with E-state index in [1.54, 1.807) is 22.9 Å². The Kier molecular flexibility index (Phi) is 4.80. The average Bonchev–Trinajstić information content (AvgIpc) is 3.28. The number of benzene rings is 2. The highest BCUT2D eigenvalue weighted by molar-refractivity contribution is 7.71. The van der Waals surface area contributed by atoms with Crippen LogP contribution in [0.3, 0.4) is 0 Å². The van der Waals surface area contributed by atoms with Crippen LogP contribution in [0.1, 0.15) is 11.4 Å². The van der Waals surface area contributed by atoms with Crippen molar-refractivity contribution < 1.29 is 9.13 Å². The standard InChI is InChI=1S/C19H16FN5OS/c20-15-6-8-17(9-7-15)26-13-18-22-23-19(27)25(18)16-10-21-24(12-16)11-14-4-2-1-3-5-14/h1-10,12H,11,13H2,(H,23,27). The monoisotopic (exact) mass is 381 g/mol. The van der Waals surface area contributed by atoms with E-state index in [1.165, 1.54) is 12.1 Å². The number of ether oxygens (including phenoxy) is 1. The first kappa shape index (κ1) is 17.2. The van der Waals surface area contributed by atoms with Gasteiger partial charge in [0, 0.05) is 6.20 Å². The predicted octanol–water partition coefficient (Wildman–Crippen LogP) is 3.89. The Bertz CT molecular complexity index is 1090. The van der Waals surface area contributed by atoms with Crippen LogP contribution in [0.4, 0.5) is 4.39 Å². The summed E-state index contributed by atoms with van der Waals surface area (Å²) in [6, 6.07) is 15.9. The van der Waals surface area contributed by atoms with Crippen LogP contribution in [-0.2, 0) is 13.2 Å². The number of aromatic nitrogens is 5. The third-order valence-electron chi connectivity index (χ3n) is 3.99. The fourth-order valence-electron chi connectivity index (χ4n) is 2.70. The number of hydrogen-bond donors (Lipinski definition) is 1. The summed E-state index contributed by atoms with van der Waals surface area (Å²) in [6.07, 6.45) is 3.63. The van der Waals surface area contributed by atoms with Crippen LogP contribution in [0.2, 0.25) is 0 Å². The van der Waals surface area contributed by atoms with Crippen LogP contribution in [0.5, 0.6) is 5.75 Å². The summed E-state index contributed by atoms with van der Waals surface area (Å²) < 4.78 is 22.7. The number of nitrogens with zero attached hydrogens (tertiary/aromatic N) is 4. The highest BCUT2D eigenvalue weighted by atomic mass is 32.1. The van der Waals surface area contributed by atoms with E-state index in [-0.39, 0.29) is 12.4 Å². The van der Waals surface area contributed by atoms with Gasteiger partial charge in [0.05, 0.1) is 18.4 Å². The third-order valence-corrected chi connectivity index (χ3v) is 4.26. The molecule has 0 bridgehead atoms. The molecule has 136 valence electrons. The lowest BCUT2D eigenvalue weighted by Crippen LogP contribution is -2.05. The maximum absolute atomic E-state index is 13.0. The zero-order valence-corrected chi connectivity index (χ0v) is 15.1. The molecule has 0 amide bonds. The van der Waals surface area contributed by atoms with Crippen molar-refractivity contribution in [2.45, 2.75) is 13.2 Å². The minimum atomic E-state index is -0.309. The number of H-pyrrole nitrogens is 1. The van der Waals surface area contributed by atoms with Gasteiger partial charge in [0.25, 0.3) is 0 Å². The van der Waals surface area contributed by atoms with Gasteiger partial charge in [-0.15, -0.1) is 0 Å². The van der Waals surface area contributed by atoms with Crippen LogP contribution < -0.4 is 4.74 Å². The Morgan fingerprint density at radius 3 is 2.63 bits per heavy atom. The van der Waals surface area contributed by atoms with Gasteiger partial charge in [-0.2, -0.15) is 10.2 Å². The summed E-state index contributed by atoms with van der Waals surface area (Å²) in [5.74, 6) is 0.844. The molecule has 2 heterocycles. The number of rotatable bonds is 6. The van der Waals surface area contributed by atoms with Crippen LogP contribution in [0.25, 0.3) is 5.69 Å². The van der Waals surface area contributed by atoms with E-state index in [4.69, 9.17) is 17.0 Å². The lowest BCUT2D eigenvalue weighted by atomic mass is 10.2. The SMILES string of the molecule is Fc1ccc(OCc2n[nH]c(=S)n2-c2cnn(Cc3ccccc3)c2)cc1. The fourth-order valence-corrected chi connectivity index (χ4v) is 2.95. The third kappa shape index (κ3) is 3.95. The van der Waals surface area contributed by atoms with Gasteiger partial charge in [0.15, 0.2) is 10.6 Å². The molecule has 4 rings (SSSR count). The largest absolute Gasteiger partial charge is 0.486 e. The summed E-state index contributed by atoms with van der Waals surface area (Å²) in [5, 5.41) is 11.4. The topological polar surface area (TPSA) is 60.7 Å². The molecule has 0 saturated carbocycles. The highest BCUT2D eigenvalue weighted by Crippen LogP contribution is 2.16. The molecule has 0 spiro atoms. The molecule has 2 aromatic carbocycles. The molecule has 0 unspecified atom stereocenters. The Hall–Kier alpha value is -3.26. The van der Waals surface area contributed by atoms with Crippen molar-refractivity contribution in [1.29, 1.82) is 0 Å². The van der Waals surface area contributed by atoms with Crippen LogP contribution >= 0.6 is 12.2 Å². The number of nitrogens with one attached hydrogen (secondary N) is 1. The van der Waals surface area contributed by atoms with Crippen LogP contribution in [0, 0.1) is 10.6 Å². The van der Waals surface area contributed by atoms with Gasteiger partial charge >= 0.3 is 0 Å². The van der Waals surface area contributed by atoms with Crippen molar-refractivity contribution in [3.63, 3.8) is 0 Å². The Morgan fingerprint density at radius 2 is 1.85 bits per heavy atom. The smallest absolute Gasteiger partial charge is 0.200 e. The van der Waals surface area contributed by atoms with Crippen LogP contribution in [-0.4, -0.2) is 24.5 Å². The molecule has 0 fully saturated rings. The van der Waals surface area contributed by atoms with Gasteiger partial charge < -0.3 is 4.74 Å². The summed E-state index contributed by atoms with van der Waals surface area (Å²) in [4.78, 5) is 0. The maximum atomic E-state index is 13.0. The second kappa shape index (κ2) is 7.55. The second-order valence-electron chi connectivity index (χ2n) is 5.90. The van der Waals surface area contributed by atoms with Crippen molar-refractivity contribution in [1.82, 2.24) is 24.5 Å². The zero-order chi connectivity index (χ0) is 18.6. The van der Waals surface area contributed by atoms with Gasteiger partial charge in [-0.25, -0.2) is 4.39 Å². The van der Waals surface area contributed by atoms with Crippen molar-refractivity contribution in [3.05, 3.63) is 89.0 Å². The molecular weight excluding hydrogens is 365 g/mol. The zero-order valence-electron chi connectivity index (χ0n) is 14.2. The molecule has 2 aromatic heterocycles. The molecular formula is C19H16FN5OS. The molecule has 0 aliphatic carbocycles. The minimum absolute atomic E-state index is 0.183. The minimum Gasteiger partial charge on any atom is -0.486 e. The van der Waals surface area contributed by atoms with Gasteiger partial charge in [-0.3, -0.25) is 14.3 Å². The van der Waals surface area contributed by atoms with E-state index < -0.39 is 0 Å². The lowest BCUT2D eigenvalue weighted by Gasteiger charge is -2.07. The first-order chi connectivity index (χ1) is 13.2. The van der Waals surface area contributed by atoms with E-state index in [0.717, 1.165) is 11.3 Å². The van der Waals surface area contributed by atoms with E-state index >= 15 is 0 Å². The molecule has 27 heavy (non-hydrogen) atoms. The van der Waals surface area contributed by atoms with Crippen molar-refractivity contribution in [3.8, 4) is 11.4 Å². The molecule has 0 aliphatic heterocycles. The summed E-state index contributed by atoms with van der Waals surface area (Å²) in [7, 11) is 0. The molecule has 0 aliphatic rings. The predicted molar refractivity (Wildman–Crippen MR) is 101 cm³/mol. The fraction of sp³-hybridized carbons (Fsp3) is 0.105. The molecule has 0 atom stereocenters. The van der Waals surface area contributed by atoms with Gasteiger partial charge in [0.1, 0.15) is 18.2 Å². The Morgan fingerprint density at radius 1 is 1.07 bits per heavy atom. The van der Waals surface area contributed by atoms with Gasteiger partial charge in [-0.05, 0) is 42.0 Å². The summed E-state index contributed by atoms with van der Waals surface area (Å²) in [5.41, 5.74) is 1.95. The van der Waals surface area contributed by atoms with Crippen molar-refractivity contribution >= 4 is 12.2 Å². The quantitative estimate of drug-likeness (QED) is 0.515. The molecule has 8 heteroatoms. The van der Waals surface area contributed by atoms with Crippen LogP contribution in [0.15, 0.2) is 67.0 Å². The lowest BCUT2D eigenvalue weighted by molar-refractivity contribution is 0.293. The molecule has 0 saturated heterocycles. The maximum Gasteiger partial charge on any atom is 0.200 e. The molecule has 6 nitrogen and oxygen atoms in total. The second-order valence-corrected chi connectivity index (χ2v) is 6.29. The van der Waals surface area contributed by atoms with E-state index in [0.29, 0.717) is 22.9 Å². The first-order valence-electron chi connectivity index (χ1n) is 8.30. The van der Waals surface area contributed by atoms with E-state index in [2.05, 4.69) is 15.3 Å². The normalized spacial score (nSPS) is 10.9. The summed E-state index contributed by atoms with van der Waals surface area (Å²) >= 11 is 5.34. The number of halogens is 1. The van der Waals surface area contributed by atoms with E-state index in [1.807, 2.05) is 41.2 Å². The Balaban J connectivity index is 1.53. The average molecular weight is 381 g/mol. The van der Waals surface area contributed by atoms with Gasteiger partial charge in [-0.1, -0.05) is 30.3 Å². The summed E-state index contributed by atoms with van der Waals surface area (Å²) in [6.45, 7) is 0.843. The van der Waals surface area contributed by atoms with Crippen molar-refractivity contribution in [2.24, 2.45) is 0 Å².